The van der Waals surface area contributed by atoms with Gasteiger partial charge in [0.15, 0.2) is 6.61 Å². The molecule has 1 fully saturated rings. The third-order valence-electron chi connectivity index (χ3n) is 5.08. The van der Waals surface area contributed by atoms with Gasteiger partial charge in [0, 0.05) is 32.6 Å². The quantitative estimate of drug-likeness (QED) is 0.628. The van der Waals surface area contributed by atoms with Gasteiger partial charge in [0.2, 0.25) is 10.0 Å². The number of nitrogens with zero attached hydrogens (tertiary/aromatic N) is 2. The van der Waals surface area contributed by atoms with E-state index in [9.17, 15) is 18.0 Å². The number of rotatable bonds is 7. The first-order valence-corrected chi connectivity index (χ1v) is 11.5. The van der Waals surface area contributed by atoms with E-state index >= 15 is 0 Å². The maximum Gasteiger partial charge on any atom is 0.306 e. The monoisotopic (exact) mass is 424 g/mol. The molecule has 7 nitrogen and oxygen atoms in total. The Morgan fingerprint density at radius 1 is 1.03 bits per heavy atom. The normalized spacial score (nSPS) is 15.6. The topological polar surface area (TPSA) is 84.0 Å². The molecule has 2 rings (SSSR count). The van der Waals surface area contributed by atoms with Crippen LogP contribution in [0.5, 0.6) is 0 Å². The van der Waals surface area contributed by atoms with Gasteiger partial charge in [-0.05, 0) is 44.2 Å². The molecular formula is C21H32N2O5S. The number of sulfonamides is 1. The number of piperazine rings is 1. The minimum atomic E-state index is -3.62. The van der Waals surface area contributed by atoms with E-state index in [4.69, 9.17) is 4.74 Å². The molecule has 1 aliphatic heterocycles. The molecule has 0 unspecified atom stereocenters. The van der Waals surface area contributed by atoms with Crippen LogP contribution in [-0.4, -0.2) is 62.3 Å². The van der Waals surface area contributed by atoms with Crippen molar-refractivity contribution in [2.75, 3.05) is 32.8 Å². The molecule has 1 saturated heterocycles. The number of esters is 1. The summed E-state index contributed by atoms with van der Waals surface area (Å²) < 4.78 is 32.7. The molecule has 1 aromatic carbocycles. The molecule has 0 N–H and O–H groups in total. The van der Waals surface area contributed by atoms with Crippen LogP contribution >= 0.6 is 0 Å². The summed E-state index contributed by atoms with van der Waals surface area (Å²) in [6.45, 7) is 10.3. The Morgan fingerprint density at radius 3 is 2.10 bits per heavy atom. The molecule has 0 aliphatic carbocycles. The molecule has 0 aromatic heterocycles. The van der Waals surface area contributed by atoms with Crippen LogP contribution in [0.3, 0.4) is 0 Å². The Hall–Kier alpha value is -1.93. The molecule has 8 heteroatoms. The number of hydrogen-bond acceptors (Lipinski definition) is 5. The van der Waals surface area contributed by atoms with Crippen LogP contribution < -0.4 is 0 Å². The number of aryl methyl sites for hydroxylation is 3. The van der Waals surface area contributed by atoms with Crippen molar-refractivity contribution in [2.24, 2.45) is 5.92 Å². The molecule has 162 valence electrons. The number of hydrogen-bond donors (Lipinski definition) is 0. The highest BCUT2D eigenvalue weighted by atomic mass is 32.2. The third-order valence-corrected chi connectivity index (χ3v) is 7.28. The highest BCUT2D eigenvalue weighted by molar-refractivity contribution is 7.89. The van der Waals surface area contributed by atoms with Gasteiger partial charge in [-0.1, -0.05) is 31.5 Å². The first-order valence-electron chi connectivity index (χ1n) is 10.0. The van der Waals surface area contributed by atoms with Crippen LogP contribution in [0.2, 0.25) is 0 Å². The third kappa shape index (κ3) is 6.02. The lowest BCUT2D eigenvalue weighted by Gasteiger charge is -2.34. The minimum Gasteiger partial charge on any atom is -0.456 e. The number of carbonyl (C=O) groups is 2. The van der Waals surface area contributed by atoms with Crippen molar-refractivity contribution < 1.29 is 22.7 Å². The van der Waals surface area contributed by atoms with Gasteiger partial charge in [-0.3, -0.25) is 9.59 Å². The van der Waals surface area contributed by atoms with Gasteiger partial charge in [0.25, 0.3) is 5.91 Å². The second-order valence-electron chi connectivity index (χ2n) is 8.11. The van der Waals surface area contributed by atoms with Crippen molar-refractivity contribution in [1.29, 1.82) is 0 Å². The van der Waals surface area contributed by atoms with E-state index in [0.717, 1.165) is 23.1 Å². The van der Waals surface area contributed by atoms with Crippen molar-refractivity contribution in [1.82, 2.24) is 9.21 Å². The van der Waals surface area contributed by atoms with E-state index in [1.807, 2.05) is 32.9 Å². The van der Waals surface area contributed by atoms with Gasteiger partial charge in [-0.25, -0.2) is 8.42 Å². The van der Waals surface area contributed by atoms with Crippen molar-refractivity contribution >= 4 is 21.9 Å². The molecule has 0 radical (unpaired) electrons. The van der Waals surface area contributed by atoms with Crippen LogP contribution in [0.1, 0.15) is 43.4 Å². The molecule has 29 heavy (non-hydrogen) atoms. The highest BCUT2D eigenvalue weighted by Crippen LogP contribution is 2.26. The summed E-state index contributed by atoms with van der Waals surface area (Å²) in [6, 6.07) is 3.74. The number of ether oxygens (including phenoxy) is 1. The van der Waals surface area contributed by atoms with Crippen molar-refractivity contribution in [3.63, 3.8) is 0 Å². The summed E-state index contributed by atoms with van der Waals surface area (Å²) in [5, 5.41) is 0. The average Bonchev–Trinajstić information content (AvgIpc) is 2.63. The number of amides is 1. The highest BCUT2D eigenvalue weighted by Gasteiger charge is 2.32. The van der Waals surface area contributed by atoms with Gasteiger partial charge in [0.05, 0.1) is 4.90 Å². The van der Waals surface area contributed by atoms with Crippen LogP contribution in [-0.2, 0) is 24.3 Å². The number of benzene rings is 1. The molecular weight excluding hydrogens is 392 g/mol. The lowest BCUT2D eigenvalue weighted by molar-refractivity contribution is -0.152. The standard InChI is InChI=1S/C21H32N2O5S/c1-15(2)6-7-20(25)28-14-19(24)22-8-10-23(11-9-22)29(26,27)21-17(4)12-16(3)13-18(21)5/h12-13,15H,6-11,14H2,1-5H3. The fourth-order valence-electron chi connectivity index (χ4n) is 3.59. The predicted octanol–water partition coefficient (Wildman–Crippen LogP) is 2.42. The predicted molar refractivity (Wildman–Crippen MR) is 111 cm³/mol. The molecule has 1 aliphatic rings. The molecule has 0 atom stereocenters. The Kier molecular flexibility index (Phi) is 7.82. The van der Waals surface area contributed by atoms with Gasteiger partial charge < -0.3 is 9.64 Å². The summed E-state index contributed by atoms with van der Waals surface area (Å²) in [5.41, 5.74) is 2.49. The summed E-state index contributed by atoms with van der Waals surface area (Å²) in [4.78, 5) is 25.9. The molecule has 1 heterocycles. The molecule has 1 aromatic rings. The smallest absolute Gasteiger partial charge is 0.306 e. The fraction of sp³-hybridized carbons (Fsp3) is 0.619. The van der Waals surface area contributed by atoms with Crippen molar-refractivity contribution in [3.05, 3.63) is 28.8 Å². The minimum absolute atomic E-state index is 0.224. The van der Waals surface area contributed by atoms with Gasteiger partial charge in [-0.2, -0.15) is 4.31 Å². The van der Waals surface area contributed by atoms with E-state index in [-0.39, 0.29) is 44.7 Å². The van der Waals surface area contributed by atoms with Gasteiger partial charge in [-0.15, -0.1) is 0 Å². The van der Waals surface area contributed by atoms with Crippen LogP contribution in [0, 0.1) is 26.7 Å². The Balaban J connectivity index is 1.93. The molecule has 0 saturated carbocycles. The summed E-state index contributed by atoms with van der Waals surface area (Å²) in [5.74, 6) is -0.268. The van der Waals surface area contributed by atoms with Crippen LogP contribution in [0.15, 0.2) is 17.0 Å². The van der Waals surface area contributed by atoms with E-state index in [0.29, 0.717) is 17.2 Å². The van der Waals surface area contributed by atoms with E-state index < -0.39 is 10.0 Å². The Bertz CT molecular complexity index is 833. The Labute approximate surface area is 174 Å². The Morgan fingerprint density at radius 2 is 1.59 bits per heavy atom. The van der Waals surface area contributed by atoms with Crippen molar-refractivity contribution in [3.8, 4) is 0 Å². The van der Waals surface area contributed by atoms with Crippen molar-refractivity contribution in [2.45, 2.75) is 52.4 Å². The maximum atomic E-state index is 13.1. The fourth-order valence-corrected chi connectivity index (χ4v) is 5.43. The van der Waals surface area contributed by atoms with Gasteiger partial charge in [0.1, 0.15) is 0 Å². The second-order valence-corrected chi connectivity index (χ2v) is 9.98. The SMILES string of the molecule is Cc1cc(C)c(S(=O)(=O)N2CCN(C(=O)COC(=O)CCC(C)C)CC2)c(C)c1. The van der Waals surface area contributed by atoms with E-state index in [1.165, 1.54) is 4.31 Å². The van der Waals surface area contributed by atoms with Crippen LogP contribution in [0.25, 0.3) is 0 Å². The molecule has 1 amide bonds. The molecule has 0 spiro atoms. The summed E-state index contributed by atoms with van der Waals surface area (Å²) in [7, 11) is -3.62. The lowest BCUT2D eigenvalue weighted by atomic mass is 10.1. The van der Waals surface area contributed by atoms with Crippen LogP contribution in [0.4, 0.5) is 0 Å². The zero-order valence-electron chi connectivity index (χ0n) is 18.0. The van der Waals surface area contributed by atoms with Gasteiger partial charge >= 0.3 is 5.97 Å². The lowest BCUT2D eigenvalue weighted by Crippen LogP contribution is -2.51. The first kappa shape index (κ1) is 23.3. The summed E-state index contributed by atoms with van der Waals surface area (Å²) >= 11 is 0. The zero-order chi connectivity index (χ0) is 21.8. The first-order chi connectivity index (χ1) is 13.5. The average molecular weight is 425 g/mol. The van der Waals surface area contributed by atoms with E-state index in [1.54, 1.807) is 18.7 Å². The molecule has 0 bridgehead atoms. The zero-order valence-corrected chi connectivity index (χ0v) is 18.8. The maximum absolute atomic E-state index is 13.1. The largest absolute Gasteiger partial charge is 0.456 e. The second kappa shape index (κ2) is 9.71. The number of carbonyl (C=O) groups excluding carboxylic acids is 2. The van der Waals surface area contributed by atoms with E-state index in [2.05, 4.69) is 0 Å². The summed E-state index contributed by atoms with van der Waals surface area (Å²) in [6.07, 6.45) is 1.02.